The largest absolute Gasteiger partial charge is 0.320 e. The fourth-order valence-electron chi connectivity index (χ4n) is 5.96. The van der Waals surface area contributed by atoms with Gasteiger partial charge in [-0.05, 0) is 68.4 Å². The molecule has 140 valence electrons. The Balaban J connectivity index is 1.49. The van der Waals surface area contributed by atoms with E-state index in [1.54, 1.807) is 28.9 Å². The van der Waals surface area contributed by atoms with Gasteiger partial charge >= 0.3 is 5.69 Å². The monoisotopic (exact) mass is 366 g/mol. The first-order valence-corrected chi connectivity index (χ1v) is 9.63. The van der Waals surface area contributed by atoms with E-state index in [9.17, 15) is 14.9 Å². The number of nitrogens with zero attached hydrogens (tertiary/aromatic N) is 3. The summed E-state index contributed by atoms with van der Waals surface area (Å²) >= 11 is 0. The number of rotatable bonds is 4. The van der Waals surface area contributed by atoms with Crippen LogP contribution >= 0.6 is 0 Å². The van der Waals surface area contributed by atoms with Crippen molar-refractivity contribution in [3.8, 4) is 0 Å². The number of aromatic nitrogens is 2. The van der Waals surface area contributed by atoms with Gasteiger partial charge in [0, 0.05) is 5.69 Å². The molecule has 1 heterocycles. The summed E-state index contributed by atoms with van der Waals surface area (Å²) in [6.45, 7) is 0. The lowest BCUT2D eigenvalue weighted by Gasteiger charge is -2.56. The summed E-state index contributed by atoms with van der Waals surface area (Å²) in [5, 5.41) is 18.8. The third-order valence-electron chi connectivity index (χ3n) is 6.63. The van der Waals surface area contributed by atoms with Gasteiger partial charge in [-0.1, -0.05) is 18.2 Å². The molecule has 0 spiro atoms. The lowest BCUT2D eigenvalue weighted by Crippen LogP contribution is -2.52. The summed E-state index contributed by atoms with van der Waals surface area (Å²) in [5.74, 6) is 1.56. The van der Waals surface area contributed by atoms with Crippen molar-refractivity contribution < 1.29 is 9.72 Å². The molecule has 27 heavy (non-hydrogen) atoms. The van der Waals surface area contributed by atoms with Gasteiger partial charge < -0.3 is 5.32 Å². The van der Waals surface area contributed by atoms with E-state index in [-0.39, 0.29) is 16.9 Å². The van der Waals surface area contributed by atoms with E-state index in [0.29, 0.717) is 23.4 Å². The molecule has 4 saturated carbocycles. The molecule has 0 unspecified atom stereocenters. The minimum absolute atomic E-state index is 0.0976. The maximum Gasteiger partial charge on any atom is 0.320 e. The summed E-state index contributed by atoms with van der Waals surface area (Å²) in [5.41, 5.74) is 0.144. The number of para-hydroxylation sites is 1. The van der Waals surface area contributed by atoms with Crippen molar-refractivity contribution in [3.05, 3.63) is 52.3 Å². The zero-order valence-electron chi connectivity index (χ0n) is 15.0. The molecule has 1 amide bonds. The fourth-order valence-corrected chi connectivity index (χ4v) is 5.96. The van der Waals surface area contributed by atoms with Gasteiger partial charge in [-0.3, -0.25) is 19.6 Å². The van der Waals surface area contributed by atoms with Crippen LogP contribution in [0.1, 0.15) is 49.0 Å². The van der Waals surface area contributed by atoms with Crippen molar-refractivity contribution in [1.29, 1.82) is 0 Å². The molecular formula is C20H22N4O3. The van der Waals surface area contributed by atoms with Crippen LogP contribution < -0.4 is 5.32 Å². The molecule has 2 aromatic rings. The molecule has 0 radical (unpaired) electrons. The topological polar surface area (TPSA) is 90.1 Å². The number of nitro groups is 1. The molecule has 7 heteroatoms. The fraction of sp³-hybridized carbons (Fsp3) is 0.500. The predicted molar refractivity (Wildman–Crippen MR) is 99.4 cm³/mol. The molecule has 1 aromatic carbocycles. The standard InChI is InChI=1S/C20H22N4O3/c25-19(21-16-4-2-1-3-5-16)18-17(24(26)27)12-23(22-18)20-9-13-6-14(10-20)8-15(7-13)11-20/h1-5,12-15H,6-11H2,(H,21,25). The van der Waals surface area contributed by atoms with Crippen LogP contribution in [0, 0.1) is 27.9 Å². The van der Waals surface area contributed by atoms with Crippen LogP contribution in [0.4, 0.5) is 11.4 Å². The highest BCUT2D eigenvalue weighted by Gasteiger charge is 2.53. The quantitative estimate of drug-likeness (QED) is 0.655. The number of benzene rings is 1. The normalized spacial score (nSPS) is 31.0. The first-order valence-electron chi connectivity index (χ1n) is 9.63. The van der Waals surface area contributed by atoms with Gasteiger partial charge in [0.2, 0.25) is 5.69 Å². The molecule has 4 fully saturated rings. The van der Waals surface area contributed by atoms with Crippen LogP contribution in [0.15, 0.2) is 36.5 Å². The van der Waals surface area contributed by atoms with Gasteiger partial charge in [-0.15, -0.1) is 0 Å². The van der Waals surface area contributed by atoms with Crippen LogP contribution in [-0.2, 0) is 5.54 Å². The maximum absolute atomic E-state index is 12.7. The number of carbonyl (C=O) groups is 1. The Labute approximate surface area is 156 Å². The van der Waals surface area contributed by atoms with Crippen molar-refractivity contribution in [2.24, 2.45) is 17.8 Å². The van der Waals surface area contributed by atoms with Crippen LogP contribution in [0.2, 0.25) is 0 Å². The number of nitrogens with one attached hydrogen (secondary N) is 1. The molecule has 0 atom stereocenters. The second-order valence-electron chi connectivity index (χ2n) is 8.53. The summed E-state index contributed by atoms with van der Waals surface area (Å²) in [7, 11) is 0. The first kappa shape index (κ1) is 16.5. The summed E-state index contributed by atoms with van der Waals surface area (Å²) < 4.78 is 1.77. The molecule has 0 saturated heterocycles. The molecule has 6 rings (SSSR count). The zero-order chi connectivity index (χ0) is 18.6. The van der Waals surface area contributed by atoms with Crippen molar-refractivity contribution in [3.63, 3.8) is 0 Å². The third-order valence-corrected chi connectivity index (χ3v) is 6.63. The van der Waals surface area contributed by atoms with E-state index < -0.39 is 10.8 Å². The lowest BCUT2D eigenvalue weighted by atomic mass is 9.53. The van der Waals surface area contributed by atoms with Crippen molar-refractivity contribution >= 4 is 17.3 Å². The molecule has 4 aliphatic carbocycles. The second-order valence-corrected chi connectivity index (χ2v) is 8.53. The zero-order valence-corrected chi connectivity index (χ0v) is 15.0. The van der Waals surface area contributed by atoms with Crippen molar-refractivity contribution in [2.75, 3.05) is 5.32 Å². The highest BCUT2D eigenvalue weighted by molar-refractivity contribution is 6.05. The highest BCUT2D eigenvalue weighted by atomic mass is 16.6. The average molecular weight is 366 g/mol. The average Bonchev–Trinajstić information content (AvgIpc) is 3.08. The second kappa shape index (κ2) is 5.90. The van der Waals surface area contributed by atoms with Gasteiger partial charge in [-0.25, -0.2) is 0 Å². The first-order chi connectivity index (χ1) is 13.0. The Morgan fingerprint density at radius 1 is 1.11 bits per heavy atom. The number of amides is 1. The third kappa shape index (κ3) is 2.72. The van der Waals surface area contributed by atoms with Gasteiger partial charge in [0.1, 0.15) is 6.20 Å². The number of anilines is 1. The summed E-state index contributed by atoms with van der Waals surface area (Å²) in [6, 6.07) is 8.95. The smallest absolute Gasteiger partial charge is 0.320 e. The molecule has 1 aromatic heterocycles. The molecule has 1 N–H and O–H groups in total. The minimum atomic E-state index is -0.531. The Bertz CT molecular complexity index is 870. The van der Waals surface area contributed by atoms with Crippen molar-refractivity contribution in [1.82, 2.24) is 9.78 Å². The van der Waals surface area contributed by atoms with Crippen LogP contribution in [0.25, 0.3) is 0 Å². The van der Waals surface area contributed by atoms with E-state index >= 15 is 0 Å². The predicted octanol–water partition coefficient (Wildman–Crippen LogP) is 3.97. The van der Waals surface area contributed by atoms with Crippen LogP contribution in [-0.4, -0.2) is 20.6 Å². The summed E-state index contributed by atoms with van der Waals surface area (Å²) in [6.07, 6.45) is 8.41. The van der Waals surface area contributed by atoms with Gasteiger partial charge in [0.15, 0.2) is 0 Å². The Hall–Kier alpha value is -2.70. The molecule has 4 bridgehead atoms. The van der Waals surface area contributed by atoms with E-state index in [1.807, 2.05) is 6.07 Å². The number of carbonyl (C=O) groups excluding carboxylic acids is 1. The highest BCUT2D eigenvalue weighted by Crippen LogP contribution is 2.58. The van der Waals surface area contributed by atoms with Crippen molar-refractivity contribution in [2.45, 2.75) is 44.1 Å². The Kier molecular flexibility index (Phi) is 3.60. The molecule has 4 aliphatic rings. The lowest BCUT2D eigenvalue weighted by molar-refractivity contribution is -0.385. The number of hydrogen-bond donors (Lipinski definition) is 1. The Morgan fingerprint density at radius 3 is 2.26 bits per heavy atom. The van der Waals surface area contributed by atoms with E-state index in [0.717, 1.165) is 19.3 Å². The van der Waals surface area contributed by atoms with Gasteiger partial charge in [-0.2, -0.15) is 5.10 Å². The van der Waals surface area contributed by atoms with Gasteiger partial charge in [0.05, 0.1) is 10.5 Å². The van der Waals surface area contributed by atoms with E-state index in [4.69, 9.17) is 0 Å². The van der Waals surface area contributed by atoms with E-state index in [1.165, 1.54) is 25.5 Å². The summed E-state index contributed by atoms with van der Waals surface area (Å²) in [4.78, 5) is 23.8. The SMILES string of the molecule is O=C(Nc1ccccc1)c1nn(C23CC4CC(CC(C4)C2)C3)cc1[N+](=O)[O-]. The van der Waals surface area contributed by atoms with E-state index in [2.05, 4.69) is 10.4 Å². The van der Waals surface area contributed by atoms with Crippen LogP contribution in [0.5, 0.6) is 0 Å². The molecular weight excluding hydrogens is 344 g/mol. The van der Waals surface area contributed by atoms with Crippen LogP contribution in [0.3, 0.4) is 0 Å². The molecule has 7 nitrogen and oxygen atoms in total. The number of hydrogen-bond acceptors (Lipinski definition) is 4. The molecule has 0 aliphatic heterocycles. The maximum atomic E-state index is 12.7. The Morgan fingerprint density at radius 2 is 1.70 bits per heavy atom. The van der Waals surface area contributed by atoms with Gasteiger partial charge in [0.25, 0.3) is 5.91 Å². The minimum Gasteiger partial charge on any atom is -0.320 e.